The van der Waals surface area contributed by atoms with Gasteiger partial charge in [-0.1, -0.05) is 0 Å². The summed E-state index contributed by atoms with van der Waals surface area (Å²) in [5.41, 5.74) is 10.7. The van der Waals surface area contributed by atoms with E-state index in [-0.39, 0.29) is 23.6 Å². The fourth-order valence-corrected chi connectivity index (χ4v) is 1.30. The highest BCUT2D eigenvalue weighted by Crippen LogP contribution is 2.29. The predicted octanol–water partition coefficient (Wildman–Crippen LogP) is 0.737. The van der Waals surface area contributed by atoms with Gasteiger partial charge in [0.05, 0.1) is 30.6 Å². The summed E-state index contributed by atoms with van der Waals surface area (Å²) in [7, 11) is 1.10. The lowest BCUT2D eigenvalue weighted by Crippen LogP contribution is -2.20. The van der Waals surface area contributed by atoms with Gasteiger partial charge in [-0.15, -0.1) is 13.2 Å². The van der Waals surface area contributed by atoms with Gasteiger partial charge in [0.15, 0.2) is 5.75 Å². The van der Waals surface area contributed by atoms with Gasteiger partial charge in [-0.3, -0.25) is 4.79 Å². The van der Waals surface area contributed by atoms with Crippen molar-refractivity contribution in [1.82, 2.24) is 4.98 Å². The Hall–Kier alpha value is -2.03. The number of rotatable bonds is 4. The maximum Gasteiger partial charge on any atom is 0.573 e. The van der Waals surface area contributed by atoms with Gasteiger partial charge < -0.3 is 20.9 Å². The van der Waals surface area contributed by atoms with Crippen LogP contribution in [0, 0.1) is 0 Å². The van der Waals surface area contributed by atoms with Gasteiger partial charge in [0, 0.05) is 12.6 Å². The highest BCUT2D eigenvalue weighted by molar-refractivity contribution is 5.73. The molecule has 1 rings (SSSR count). The number of nitrogens with zero attached hydrogens (tertiary/aromatic N) is 1. The summed E-state index contributed by atoms with van der Waals surface area (Å²) in [6.45, 7) is -0.0771. The molecule has 1 heterocycles. The molecule has 0 bridgehead atoms. The number of anilines is 1. The molecule has 106 valence electrons. The molecule has 0 atom stereocenters. The van der Waals surface area contributed by atoms with Crippen LogP contribution in [0.2, 0.25) is 0 Å². The van der Waals surface area contributed by atoms with E-state index in [0.29, 0.717) is 0 Å². The van der Waals surface area contributed by atoms with Gasteiger partial charge >= 0.3 is 12.3 Å². The van der Waals surface area contributed by atoms with Crippen molar-refractivity contribution in [1.29, 1.82) is 0 Å². The van der Waals surface area contributed by atoms with Gasteiger partial charge in [0.1, 0.15) is 0 Å². The van der Waals surface area contributed by atoms with Crippen molar-refractivity contribution in [2.45, 2.75) is 19.3 Å². The third-order valence-electron chi connectivity index (χ3n) is 2.13. The summed E-state index contributed by atoms with van der Waals surface area (Å²) in [5, 5.41) is 0. The van der Waals surface area contributed by atoms with Crippen molar-refractivity contribution in [2.75, 3.05) is 12.8 Å². The van der Waals surface area contributed by atoms with Crippen LogP contribution >= 0.6 is 0 Å². The van der Waals surface area contributed by atoms with E-state index in [1.165, 1.54) is 0 Å². The zero-order valence-corrected chi connectivity index (χ0v) is 9.95. The summed E-state index contributed by atoms with van der Waals surface area (Å²) in [6.07, 6.45) is -5.39. The Morgan fingerprint density at radius 1 is 1.42 bits per heavy atom. The molecule has 6 nitrogen and oxygen atoms in total. The molecule has 0 aliphatic heterocycles. The number of hydrogen-bond donors (Lipinski definition) is 2. The predicted molar refractivity (Wildman–Crippen MR) is 58.9 cm³/mol. The highest BCUT2D eigenvalue weighted by Gasteiger charge is 2.33. The van der Waals surface area contributed by atoms with Crippen molar-refractivity contribution >= 4 is 11.7 Å². The smallest absolute Gasteiger partial charge is 0.469 e. The molecule has 0 saturated carbocycles. The number of nitrogen functional groups attached to an aromatic ring is 1. The summed E-state index contributed by atoms with van der Waals surface area (Å²) in [6, 6.07) is 0.932. The Bertz CT molecular complexity index is 477. The number of nitrogens with two attached hydrogens (primary N) is 2. The van der Waals surface area contributed by atoms with Gasteiger partial charge in [-0.05, 0) is 0 Å². The fourth-order valence-electron chi connectivity index (χ4n) is 1.30. The molecule has 9 heteroatoms. The molecular formula is C10H12F3N3O3. The molecule has 0 spiro atoms. The number of esters is 1. The lowest BCUT2D eigenvalue weighted by Gasteiger charge is -2.14. The molecule has 0 saturated heterocycles. The van der Waals surface area contributed by atoms with E-state index in [2.05, 4.69) is 14.5 Å². The van der Waals surface area contributed by atoms with E-state index in [4.69, 9.17) is 11.5 Å². The Balaban J connectivity index is 3.18. The Morgan fingerprint density at radius 2 is 2.05 bits per heavy atom. The van der Waals surface area contributed by atoms with Crippen molar-refractivity contribution in [3.8, 4) is 5.75 Å². The topological polar surface area (TPSA) is 100 Å². The molecule has 0 aliphatic rings. The first-order valence-corrected chi connectivity index (χ1v) is 5.07. The number of ether oxygens (including phenoxy) is 2. The lowest BCUT2D eigenvalue weighted by molar-refractivity contribution is -0.275. The van der Waals surface area contributed by atoms with Crippen LogP contribution in [0.3, 0.4) is 0 Å². The average Bonchev–Trinajstić information content (AvgIpc) is 2.30. The lowest BCUT2D eigenvalue weighted by atomic mass is 10.2. The van der Waals surface area contributed by atoms with Crippen LogP contribution in [-0.4, -0.2) is 24.4 Å². The molecule has 0 aromatic carbocycles. The van der Waals surface area contributed by atoms with Gasteiger partial charge in [-0.2, -0.15) is 0 Å². The van der Waals surface area contributed by atoms with Gasteiger partial charge in [-0.25, -0.2) is 4.98 Å². The Kier molecular flexibility index (Phi) is 4.54. The van der Waals surface area contributed by atoms with E-state index in [0.717, 1.165) is 13.2 Å². The van der Waals surface area contributed by atoms with Gasteiger partial charge in [0.25, 0.3) is 0 Å². The van der Waals surface area contributed by atoms with Crippen LogP contribution in [0.5, 0.6) is 5.75 Å². The molecule has 0 radical (unpaired) electrons. The van der Waals surface area contributed by atoms with E-state index < -0.39 is 24.5 Å². The first-order chi connectivity index (χ1) is 8.76. The summed E-state index contributed by atoms with van der Waals surface area (Å²) in [5.74, 6) is -1.40. The summed E-state index contributed by atoms with van der Waals surface area (Å²) < 4.78 is 44.8. The normalized spacial score (nSPS) is 11.2. The van der Waals surface area contributed by atoms with Crippen molar-refractivity contribution < 1.29 is 27.4 Å². The van der Waals surface area contributed by atoms with E-state index >= 15 is 0 Å². The quantitative estimate of drug-likeness (QED) is 0.788. The second-order valence-electron chi connectivity index (χ2n) is 3.47. The van der Waals surface area contributed by atoms with Crippen LogP contribution in [0.1, 0.15) is 11.4 Å². The van der Waals surface area contributed by atoms with Crippen LogP contribution in [0.15, 0.2) is 6.07 Å². The molecule has 4 N–H and O–H groups in total. The first-order valence-electron chi connectivity index (χ1n) is 5.07. The third kappa shape index (κ3) is 4.28. The molecular weight excluding hydrogens is 267 g/mol. The van der Waals surface area contributed by atoms with E-state index in [1.54, 1.807) is 0 Å². The largest absolute Gasteiger partial charge is 0.573 e. The van der Waals surface area contributed by atoms with Crippen molar-refractivity contribution in [3.63, 3.8) is 0 Å². The molecule has 0 amide bonds. The highest BCUT2D eigenvalue weighted by atomic mass is 19.4. The number of carbonyl (C=O) groups excluding carboxylic acids is 1. The molecule has 19 heavy (non-hydrogen) atoms. The second-order valence-corrected chi connectivity index (χ2v) is 3.47. The van der Waals surface area contributed by atoms with Crippen LogP contribution in [0.25, 0.3) is 0 Å². The molecule has 0 aliphatic carbocycles. The molecule has 1 aromatic rings. The number of pyridine rings is 1. The van der Waals surface area contributed by atoms with E-state index in [9.17, 15) is 18.0 Å². The molecule has 0 unspecified atom stereocenters. The monoisotopic (exact) mass is 279 g/mol. The number of aromatic nitrogens is 1. The average molecular weight is 279 g/mol. The van der Waals surface area contributed by atoms with Crippen LogP contribution in [0.4, 0.5) is 18.9 Å². The second kappa shape index (κ2) is 5.74. The van der Waals surface area contributed by atoms with E-state index in [1.807, 2.05) is 0 Å². The zero-order chi connectivity index (χ0) is 14.6. The standard InChI is InChI=1S/C10H12F3N3O3/c1-18-9(17)3-6-8(19-10(11,12)13)2-5(15)7(4-14)16-6/h2H,3-4,14-15H2,1H3. The van der Waals surface area contributed by atoms with Crippen molar-refractivity contribution in [3.05, 3.63) is 17.5 Å². The minimum Gasteiger partial charge on any atom is -0.469 e. The fraction of sp³-hybridized carbons (Fsp3) is 0.400. The number of alkyl halides is 3. The Labute approximate surface area is 106 Å². The maximum atomic E-state index is 12.2. The first kappa shape index (κ1) is 15.0. The number of methoxy groups -OCH3 is 1. The number of carbonyl (C=O) groups is 1. The van der Waals surface area contributed by atoms with Crippen molar-refractivity contribution in [2.24, 2.45) is 5.73 Å². The SMILES string of the molecule is COC(=O)Cc1nc(CN)c(N)cc1OC(F)(F)F. The number of hydrogen-bond acceptors (Lipinski definition) is 6. The molecule has 1 aromatic heterocycles. The van der Waals surface area contributed by atoms with Crippen LogP contribution in [-0.2, 0) is 22.5 Å². The number of halogens is 3. The Morgan fingerprint density at radius 3 is 2.53 bits per heavy atom. The third-order valence-corrected chi connectivity index (χ3v) is 2.13. The summed E-state index contributed by atoms with van der Waals surface area (Å²) >= 11 is 0. The van der Waals surface area contributed by atoms with Gasteiger partial charge in [0.2, 0.25) is 0 Å². The maximum absolute atomic E-state index is 12.2. The molecule has 0 fully saturated rings. The minimum atomic E-state index is -4.91. The zero-order valence-electron chi connectivity index (χ0n) is 9.95. The van der Waals surface area contributed by atoms with Crippen LogP contribution < -0.4 is 16.2 Å². The summed E-state index contributed by atoms with van der Waals surface area (Å²) in [4.78, 5) is 14.9. The minimum absolute atomic E-state index is 0.0460.